The van der Waals surface area contributed by atoms with Crippen LogP contribution in [0.2, 0.25) is 0 Å². The molecule has 1 saturated carbocycles. The zero-order valence-electron chi connectivity index (χ0n) is 14.2. The highest BCUT2D eigenvalue weighted by atomic mass is 79.9. The van der Waals surface area contributed by atoms with Crippen LogP contribution in [0.15, 0.2) is 46.9 Å². The van der Waals surface area contributed by atoms with Crippen LogP contribution < -0.4 is 0 Å². The molecule has 4 rings (SSSR count). The van der Waals surface area contributed by atoms with Gasteiger partial charge < -0.3 is 10.2 Å². The third-order valence-corrected chi connectivity index (χ3v) is 5.54. The molecule has 4 nitrogen and oxygen atoms in total. The van der Waals surface area contributed by atoms with E-state index in [9.17, 15) is 28.2 Å². The number of alkyl halides is 3. The number of carboxylic acids is 1. The van der Waals surface area contributed by atoms with E-state index in [2.05, 4.69) is 20.9 Å². The van der Waals surface area contributed by atoms with Gasteiger partial charge in [0.15, 0.2) is 5.75 Å². The standard InChI is InChI=1S/C20H13BrF3NO3/c21-11-8-12-14(18(27)28)16(26)17(25-15(12)13(9-11)20(22,23)24)19(6-7-19)10-4-2-1-3-5-10/h1-5,8-9,26H,6-7H2,(H,27,28). The zero-order valence-corrected chi connectivity index (χ0v) is 15.8. The molecule has 3 aromatic rings. The SMILES string of the molecule is O=C(O)c1c(O)c(C2(c3ccccc3)CC2)nc2c(C(F)(F)F)cc(Br)cc12. The largest absolute Gasteiger partial charge is 0.505 e. The van der Waals surface area contributed by atoms with Gasteiger partial charge in [0.25, 0.3) is 0 Å². The number of hydrogen-bond donors (Lipinski definition) is 2. The second-order valence-corrected chi connectivity index (χ2v) is 7.70. The average Bonchev–Trinajstić information content (AvgIpc) is 3.42. The predicted molar refractivity (Wildman–Crippen MR) is 99.5 cm³/mol. The van der Waals surface area contributed by atoms with Crippen molar-refractivity contribution >= 4 is 32.8 Å². The smallest absolute Gasteiger partial charge is 0.418 e. The highest BCUT2D eigenvalue weighted by Crippen LogP contribution is 2.56. The topological polar surface area (TPSA) is 70.4 Å². The van der Waals surface area contributed by atoms with E-state index in [1.807, 2.05) is 0 Å². The molecule has 1 fully saturated rings. The molecule has 8 heteroatoms. The third kappa shape index (κ3) is 2.83. The highest BCUT2D eigenvalue weighted by Gasteiger charge is 2.50. The molecule has 2 N–H and O–H groups in total. The van der Waals surface area contributed by atoms with E-state index in [0.717, 1.165) is 11.6 Å². The molecule has 1 heterocycles. The molecule has 0 unspecified atom stereocenters. The molecule has 0 amide bonds. The maximum atomic E-state index is 13.6. The summed E-state index contributed by atoms with van der Waals surface area (Å²) < 4.78 is 40.9. The fourth-order valence-electron chi connectivity index (χ4n) is 3.63. The van der Waals surface area contributed by atoms with E-state index in [1.54, 1.807) is 30.3 Å². The summed E-state index contributed by atoms with van der Waals surface area (Å²) in [5, 5.41) is 20.1. The van der Waals surface area contributed by atoms with E-state index in [1.165, 1.54) is 6.07 Å². The van der Waals surface area contributed by atoms with Crippen LogP contribution in [-0.2, 0) is 11.6 Å². The molecule has 1 aromatic heterocycles. The summed E-state index contributed by atoms with van der Waals surface area (Å²) in [6, 6.07) is 11.1. The lowest BCUT2D eigenvalue weighted by molar-refractivity contribution is -0.136. The molecular formula is C20H13BrF3NO3. The first-order chi connectivity index (χ1) is 13.1. The molecule has 0 aliphatic heterocycles. The summed E-state index contributed by atoms with van der Waals surface area (Å²) in [5.41, 5.74) is -2.16. The number of carbonyl (C=O) groups is 1. The van der Waals surface area contributed by atoms with E-state index in [4.69, 9.17) is 0 Å². The number of rotatable bonds is 3. The summed E-state index contributed by atoms with van der Waals surface area (Å²) in [7, 11) is 0. The van der Waals surface area contributed by atoms with Crippen LogP contribution >= 0.6 is 15.9 Å². The van der Waals surface area contributed by atoms with E-state index >= 15 is 0 Å². The maximum Gasteiger partial charge on any atom is 0.418 e. The molecule has 0 spiro atoms. The quantitative estimate of drug-likeness (QED) is 0.551. The first-order valence-electron chi connectivity index (χ1n) is 8.38. The van der Waals surface area contributed by atoms with Crippen molar-refractivity contribution in [2.45, 2.75) is 24.4 Å². The lowest BCUT2D eigenvalue weighted by Crippen LogP contribution is -2.16. The van der Waals surface area contributed by atoms with Crippen molar-refractivity contribution in [3.8, 4) is 5.75 Å². The van der Waals surface area contributed by atoms with Gasteiger partial charge in [-0.25, -0.2) is 9.78 Å². The monoisotopic (exact) mass is 451 g/mol. The van der Waals surface area contributed by atoms with Gasteiger partial charge in [-0.3, -0.25) is 0 Å². The van der Waals surface area contributed by atoms with Gasteiger partial charge in [-0.2, -0.15) is 13.2 Å². The van der Waals surface area contributed by atoms with Gasteiger partial charge >= 0.3 is 12.1 Å². The van der Waals surface area contributed by atoms with Gasteiger partial charge in [0.05, 0.1) is 16.8 Å². The number of aromatic nitrogens is 1. The van der Waals surface area contributed by atoms with Crippen LogP contribution in [0, 0.1) is 0 Å². The van der Waals surface area contributed by atoms with Crippen molar-refractivity contribution in [3.05, 3.63) is 69.3 Å². The number of fused-ring (bicyclic) bond motifs is 1. The van der Waals surface area contributed by atoms with Crippen molar-refractivity contribution in [3.63, 3.8) is 0 Å². The third-order valence-electron chi connectivity index (χ3n) is 5.08. The second-order valence-electron chi connectivity index (χ2n) is 6.78. The fourth-order valence-corrected chi connectivity index (χ4v) is 4.09. The Hall–Kier alpha value is -2.61. The summed E-state index contributed by atoms with van der Waals surface area (Å²) in [5.74, 6) is -2.10. The molecule has 2 aromatic carbocycles. The molecule has 1 aliphatic carbocycles. The minimum atomic E-state index is -4.73. The minimum absolute atomic E-state index is 0.0311. The number of carboxylic acid groups (broad SMARTS) is 1. The van der Waals surface area contributed by atoms with Crippen molar-refractivity contribution in [2.24, 2.45) is 0 Å². The Morgan fingerprint density at radius 1 is 1.14 bits per heavy atom. The molecule has 1 aliphatic rings. The van der Waals surface area contributed by atoms with Crippen molar-refractivity contribution in [1.29, 1.82) is 0 Å². The highest BCUT2D eigenvalue weighted by molar-refractivity contribution is 9.10. The van der Waals surface area contributed by atoms with E-state index in [0.29, 0.717) is 12.8 Å². The maximum absolute atomic E-state index is 13.6. The zero-order chi connectivity index (χ0) is 20.3. The molecule has 0 radical (unpaired) electrons. The Balaban J connectivity index is 2.11. The molecule has 0 bridgehead atoms. The van der Waals surface area contributed by atoms with Gasteiger partial charge in [0.1, 0.15) is 5.56 Å². The Morgan fingerprint density at radius 3 is 2.32 bits per heavy atom. The van der Waals surface area contributed by atoms with Crippen LogP contribution in [0.1, 0.15) is 40.0 Å². The number of aromatic carboxylic acids is 1. The Labute approximate surface area is 165 Å². The van der Waals surface area contributed by atoms with Gasteiger partial charge in [-0.1, -0.05) is 46.3 Å². The number of halogens is 4. The van der Waals surface area contributed by atoms with E-state index in [-0.39, 0.29) is 15.6 Å². The van der Waals surface area contributed by atoms with Gasteiger partial charge in [-0.15, -0.1) is 0 Å². The predicted octanol–water partition coefficient (Wildman–Crippen LogP) is 5.50. The second kappa shape index (κ2) is 6.20. The molecule has 144 valence electrons. The first-order valence-corrected chi connectivity index (χ1v) is 9.17. The number of pyridine rings is 1. The molecular weight excluding hydrogens is 439 g/mol. The lowest BCUT2D eigenvalue weighted by Gasteiger charge is -2.21. The number of benzene rings is 2. The van der Waals surface area contributed by atoms with Gasteiger partial charge in [0.2, 0.25) is 0 Å². The van der Waals surface area contributed by atoms with Crippen LogP contribution in [-0.4, -0.2) is 21.2 Å². The fraction of sp³-hybridized carbons (Fsp3) is 0.200. The molecule has 0 saturated heterocycles. The van der Waals surface area contributed by atoms with Crippen LogP contribution in [0.3, 0.4) is 0 Å². The Kier molecular flexibility index (Phi) is 4.15. The summed E-state index contributed by atoms with van der Waals surface area (Å²) in [4.78, 5) is 16.0. The number of hydrogen-bond acceptors (Lipinski definition) is 3. The average molecular weight is 452 g/mol. The van der Waals surface area contributed by atoms with Crippen LogP contribution in [0.5, 0.6) is 5.75 Å². The van der Waals surface area contributed by atoms with Gasteiger partial charge in [0, 0.05) is 15.3 Å². The van der Waals surface area contributed by atoms with Gasteiger partial charge in [-0.05, 0) is 30.5 Å². The minimum Gasteiger partial charge on any atom is -0.505 e. The number of nitrogens with zero attached hydrogens (tertiary/aromatic N) is 1. The number of aromatic hydroxyl groups is 1. The van der Waals surface area contributed by atoms with Crippen molar-refractivity contribution in [1.82, 2.24) is 4.98 Å². The van der Waals surface area contributed by atoms with E-state index < -0.39 is 40.0 Å². The Bertz CT molecular complexity index is 1110. The summed E-state index contributed by atoms with van der Waals surface area (Å²) >= 11 is 2.99. The normalized spacial score (nSPS) is 15.6. The van der Waals surface area contributed by atoms with Crippen LogP contribution in [0.4, 0.5) is 13.2 Å². The summed E-state index contributed by atoms with van der Waals surface area (Å²) in [6.07, 6.45) is -3.62. The molecule has 0 atom stereocenters. The Morgan fingerprint density at radius 2 is 1.79 bits per heavy atom. The van der Waals surface area contributed by atoms with Crippen molar-refractivity contribution in [2.75, 3.05) is 0 Å². The van der Waals surface area contributed by atoms with Crippen molar-refractivity contribution < 1.29 is 28.2 Å². The lowest BCUT2D eigenvalue weighted by atomic mass is 9.89. The van der Waals surface area contributed by atoms with Crippen LogP contribution in [0.25, 0.3) is 10.9 Å². The molecule has 28 heavy (non-hydrogen) atoms. The first kappa shape index (κ1) is 18.7. The summed E-state index contributed by atoms with van der Waals surface area (Å²) in [6.45, 7) is 0.